The molecule has 1 aliphatic carbocycles. The van der Waals surface area contributed by atoms with E-state index in [4.69, 9.17) is 7.85 Å². The third kappa shape index (κ3) is 1.49. The highest BCUT2D eigenvalue weighted by Crippen LogP contribution is 2.38. The van der Waals surface area contributed by atoms with E-state index in [1.807, 2.05) is 6.07 Å². The van der Waals surface area contributed by atoms with Gasteiger partial charge in [-0.1, -0.05) is 37.5 Å². The van der Waals surface area contributed by atoms with E-state index in [0.717, 1.165) is 5.46 Å². The molecule has 1 aliphatic rings. The Morgan fingerprint density at radius 2 is 2.21 bits per heavy atom. The second-order valence-electron chi connectivity index (χ2n) is 4.68. The van der Waals surface area contributed by atoms with Gasteiger partial charge in [-0.2, -0.15) is 0 Å². The van der Waals surface area contributed by atoms with Gasteiger partial charge in [-0.15, -0.1) is 0 Å². The van der Waals surface area contributed by atoms with E-state index >= 15 is 0 Å². The molecular formula is C13H17B. The monoisotopic (exact) mass is 184 g/mol. The fraction of sp³-hybridized carbons (Fsp3) is 0.538. The van der Waals surface area contributed by atoms with Crippen LogP contribution in [0.4, 0.5) is 0 Å². The highest BCUT2D eigenvalue weighted by atomic mass is 14.3. The maximum Gasteiger partial charge on any atom is 0.113 e. The molecule has 1 atom stereocenters. The molecule has 14 heavy (non-hydrogen) atoms. The van der Waals surface area contributed by atoms with Crippen molar-refractivity contribution in [2.24, 2.45) is 0 Å². The van der Waals surface area contributed by atoms with E-state index < -0.39 is 0 Å². The second kappa shape index (κ2) is 3.45. The lowest BCUT2D eigenvalue weighted by atomic mass is 9.68. The standard InChI is InChI=1S/C13H17B/c1-3-13(2)8-4-5-10-6-7-11(14)9-12(10)13/h6-7,9H,3-5,8H2,1-2H3. The van der Waals surface area contributed by atoms with Gasteiger partial charge in [0.1, 0.15) is 7.85 Å². The first-order valence-corrected chi connectivity index (χ1v) is 5.54. The van der Waals surface area contributed by atoms with Gasteiger partial charge in [0, 0.05) is 0 Å². The maximum absolute atomic E-state index is 5.86. The van der Waals surface area contributed by atoms with E-state index in [2.05, 4.69) is 26.0 Å². The van der Waals surface area contributed by atoms with Crippen molar-refractivity contribution in [1.82, 2.24) is 0 Å². The molecule has 2 radical (unpaired) electrons. The molecule has 1 aromatic rings. The Balaban J connectivity index is 2.52. The average molecular weight is 184 g/mol. The molecule has 1 heteroatoms. The van der Waals surface area contributed by atoms with Crippen LogP contribution in [0.2, 0.25) is 0 Å². The molecule has 0 saturated carbocycles. The Morgan fingerprint density at radius 1 is 1.43 bits per heavy atom. The smallest absolute Gasteiger partial charge is 0.0964 e. The molecule has 0 nitrogen and oxygen atoms in total. The predicted octanol–water partition coefficient (Wildman–Crippen LogP) is 2.48. The van der Waals surface area contributed by atoms with Crippen LogP contribution < -0.4 is 5.46 Å². The van der Waals surface area contributed by atoms with Crippen molar-refractivity contribution in [2.75, 3.05) is 0 Å². The van der Waals surface area contributed by atoms with Crippen molar-refractivity contribution in [2.45, 2.75) is 44.9 Å². The highest BCUT2D eigenvalue weighted by Gasteiger charge is 2.29. The number of benzene rings is 1. The van der Waals surface area contributed by atoms with Gasteiger partial charge in [0.25, 0.3) is 0 Å². The van der Waals surface area contributed by atoms with Gasteiger partial charge in [-0.05, 0) is 42.2 Å². The van der Waals surface area contributed by atoms with E-state index in [-0.39, 0.29) is 0 Å². The van der Waals surface area contributed by atoms with E-state index in [9.17, 15) is 0 Å². The molecule has 0 bridgehead atoms. The van der Waals surface area contributed by atoms with Crippen molar-refractivity contribution < 1.29 is 0 Å². The molecule has 0 N–H and O–H groups in total. The van der Waals surface area contributed by atoms with E-state index in [0.29, 0.717) is 5.41 Å². The van der Waals surface area contributed by atoms with Crippen LogP contribution >= 0.6 is 0 Å². The molecule has 72 valence electrons. The van der Waals surface area contributed by atoms with Crippen molar-refractivity contribution in [3.63, 3.8) is 0 Å². The molecule has 0 amide bonds. The minimum atomic E-state index is 0.364. The highest BCUT2D eigenvalue weighted by molar-refractivity contribution is 6.32. The zero-order valence-corrected chi connectivity index (χ0v) is 9.14. The van der Waals surface area contributed by atoms with Crippen LogP contribution in [0.15, 0.2) is 18.2 Å². The molecular weight excluding hydrogens is 167 g/mol. The van der Waals surface area contributed by atoms with Gasteiger partial charge in [0.05, 0.1) is 0 Å². The molecule has 1 unspecified atom stereocenters. The molecule has 0 fully saturated rings. The first-order valence-electron chi connectivity index (χ1n) is 5.54. The van der Waals surface area contributed by atoms with Crippen LogP contribution in [0.5, 0.6) is 0 Å². The zero-order chi connectivity index (χ0) is 10.2. The topological polar surface area (TPSA) is 0 Å². The minimum Gasteiger partial charge on any atom is -0.0964 e. The SMILES string of the molecule is [B]c1ccc2c(c1)C(C)(CC)CCC2. The first kappa shape index (κ1) is 9.83. The molecule has 2 rings (SSSR count). The van der Waals surface area contributed by atoms with Crippen molar-refractivity contribution in [1.29, 1.82) is 0 Å². The Bertz CT molecular complexity index is 343. The summed E-state index contributed by atoms with van der Waals surface area (Å²) in [6.45, 7) is 4.64. The van der Waals surface area contributed by atoms with Gasteiger partial charge in [-0.3, -0.25) is 0 Å². The average Bonchev–Trinajstić information content (AvgIpc) is 2.20. The van der Waals surface area contributed by atoms with Crippen LogP contribution in [0.3, 0.4) is 0 Å². The lowest BCUT2D eigenvalue weighted by Gasteiger charge is -2.35. The summed E-state index contributed by atoms with van der Waals surface area (Å²) in [4.78, 5) is 0. The predicted molar refractivity (Wildman–Crippen MR) is 62.4 cm³/mol. The molecule has 1 aromatic carbocycles. The molecule has 0 aromatic heterocycles. The normalized spacial score (nSPS) is 25.9. The summed E-state index contributed by atoms with van der Waals surface area (Å²) >= 11 is 0. The second-order valence-corrected chi connectivity index (χ2v) is 4.68. The Hall–Kier alpha value is -0.715. The van der Waals surface area contributed by atoms with Gasteiger partial charge in [0.15, 0.2) is 0 Å². The fourth-order valence-electron chi connectivity index (χ4n) is 2.54. The van der Waals surface area contributed by atoms with Crippen molar-refractivity contribution in [3.8, 4) is 0 Å². The Morgan fingerprint density at radius 3 is 2.93 bits per heavy atom. The third-order valence-corrected chi connectivity index (χ3v) is 3.74. The number of hydrogen-bond donors (Lipinski definition) is 0. The Kier molecular flexibility index (Phi) is 2.42. The lowest BCUT2D eigenvalue weighted by Crippen LogP contribution is -2.28. The van der Waals surface area contributed by atoms with Gasteiger partial charge >= 0.3 is 0 Å². The van der Waals surface area contributed by atoms with Gasteiger partial charge in [0.2, 0.25) is 0 Å². The fourth-order valence-corrected chi connectivity index (χ4v) is 2.54. The van der Waals surface area contributed by atoms with Crippen LogP contribution in [0.1, 0.15) is 44.2 Å². The van der Waals surface area contributed by atoms with Gasteiger partial charge < -0.3 is 0 Å². The summed E-state index contributed by atoms with van der Waals surface area (Å²) in [7, 11) is 5.86. The first-order chi connectivity index (χ1) is 6.65. The van der Waals surface area contributed by atoms with Crippen LogP contribution in [-0.2, 0) is 11.8 Å². The van der Waals surface area contributed by atoms with Crippen LogP contribution in [0, 0.1) is 0 Å². The number of fused-ring (bicyclic) bond motifs is 1. The van der Waals surface area contributed by atoms with Crippen LogP contribution in [-0.4, -0.2) is 7.85 Å². The molecule has 0 spiro atoms. The number of rotatable bonds is 1. The van der Waals surface area contributed by atoms with E-state index in [1.165, 1.54) is 36.8 Å². The summed E-state index contributed by atoms with van der Waals surface area (Å²) in [5.41, 5.74) is 4.27. The summed E-state index contributed by atoms with van der Waals surface area (Å²) in [6.07, 6.45) is 5.07. The maximum atomic E-state index is 5.86. The van der Waals surface area contributed by atoms with Crippen LogP contribution in [0.25, 0.3) is 0 Å². The van der Waals surface area contributed by atoms with E-state index in [1.54, 1.807) is 0 Å². The summed E-state index contributed by atoms with van der Waals surface area (Å²) in [6, 6.07) is 6.41. The van der Waals surface area contributed by atoms with Crippen molar-refractivity contribution in [3.05, 3.63) is 29.3 Å². The summed E-state index contributed by atoms with van der Waals surface area (Å²) in [5, 5.41) is 0. The minimum absolute atomic E-state index is 0.364. The molecule has 0 saturated heterocycles. The van der Waals surface area contributed by atoms with Gasteiger partial charge in [-0.25, -0.2) is 0 Å². The summed E-state index contributed by atoms with van der Waals surface area (Å²) < 4.78 is 0. The lowest BCUT2D eigenvalue weighted by molar-refractivity contribution is 0.382. The third-order valence-electron chi connectivity index (χ3n) is 3.74. The summed E-state index contributed by atoms with van der Waals surface area (Å²) in [5.74, 6) is 0. The quantitative estimate of drug-likeness (QED) is 0.588. The zero-order valence-electron chi connectivity index (χ0n) is 9.14. The Labute approximate surface area is 88.1 Å². The van der Waals surface area contributed by atoms with Crippen molar-refractivity contribution >= 4 is 13.3 Å². The largest absolute Gasteiger partial charge is 0.113 e. The number of aryl methyl sites for hydroxylation is 1. The number of hydrogen-bond acceptors (Lipinski definition) is 0. The molecule has 0 heterocycles. The molecule has 0 aliphatic heterocycles.